The molecule has 0 aromatic rings. The zero-order valence-corrected chi connectivity index (χ0v) is 57.1. The highest BCUT2D eigenvalue weighted by Crippen LogP contribution is 2.39. The summed E-state index contributed by atoms with van der Waals surface area (Å²) in [7, 11) is 0. The molecule has 3 aliphatic heterocycles. The molecule has 0 aliphatic carbocycles. The minimum Gasteiger partial charge on any atom is -0.477 e. The first-order valence-corrected chi connectivity index (χ1v) is 36.5. The van der Waals surface area contributed by atoms with E-state index < -0.39 is 148 Å². The number of hydrogen-bond donors (Lipinski definition) is 14. The molecular weight excluding hydrogens is 1200 g/mol. The average Bonchev–Trinajstić information content (AvgIpc) is 0.765. The van der Waals surface area contributed by atoms with Crippen molar-refractivity contribution in [3.63, 3.8) is 0 Å². The van der Waals surface area contributed by atoms with Gasteiger partial charge in [-0.2, -0.15) is 0 Å². The fraction of sp³-hybridized carbons (Fsp3) is 0.929. The molecule has 2 amide bonds. The lowest BCUT2D eigenvalue weighted by molar-refractivity contribution is -0.386. The Balaban J connectivity index is 1.54. The monoisotopic (exact) mass is 1330 g/mol. The standard InChI is InChI=1S/C70H130N2O21/c1-4-6-8-10-12-14-16-18-20-21-22-23-24-25-26-27-28-29-30-32-34-36-38-40-42-44-57(80)72-51(52(77)43-41-39-37-35-33-31-19-17-15-13-11-9-7-5-2)49-88-67-62(84)61(83)64(56(48-75)90-67)91-68-63(85)66(60(82)55(47-74)89-68)93-70(69(86)87)45-53(78)58(71-50(3)76)65(92-70)59(81)54(79)46-73/h25-26,51-56,58-68,73-75,77-79,81-85H,4-24,27-49H2,1-3H3,(H,71,76)(H,72,80)(H,86,87)/b26-25-. The maximum Gasteiger partial charge on any atom is 0.364 e. The number of nitrogens with one attached hydrogen (secondary N) is 2. The van der Waals surface area contributed by atoms with E-state index in [2.05, 4.69) is 36.6 Å². The topological polar surface area (TPSA) is 373 Å². The number of carbonyl (C=O) groups excluding carboxylic acids is 2. The number of ether oxygens (including phenoxy) is 6. The van der Waals surface area contributed by atoms with Crippen LogP contribution in [0.3, 0.4) is 0 Å². The van der Waals surface area contributed by atoms with Crippen LogP contribution in [0.15, 0.2) is 12.2 Å². The summed E-state index contributed by atoms with van der Waals surface area (Å²) in [6, 6.07) is -2.53. The number of aliphatic hydroxyl groups is 11. The number of amides is 2. The number of rotatable bonds is 56. The highest BCUT2D eigenvalue weighted by molar-refractivity contribution is 5.77. The van der Waals surface area contributed by atoms with Crippen molar-refractivity contribution in [1.29, 1.82) is 0 Å². The second-order valence-corrected chi connectivity index (χ2v) is 26.8. The van der Waals surface area contributed by atoms with Gasteiger partial charge < -0.3 is 100 Å². The first-order chi connectivity index (χ1) is 44.9. The number of aliphatic carboxylic acids is 1. The molecule has 3 aliphatic rings. The lowest BCUT2D eigenvalue weighted by Gasteiger charge is -2.50. The molecule has 3 saturated heterocycles. The third kappa shape index (κ3) is 32.8. The number of aliphatic hydroxyl groups excluding tert-OH is 11. The van der Waals surface area contributed by atoms with Gasteiger partial charge in [-0.25, -0.2) is 4.79 Å². The Hall–Kier alpha value is -2.53. The number of allylic oxidation sites excluding steroid dienone is 2. The summed E-state index contributed by atoms with van der Waals surface area (Å²) in [5.74, 6) is -6.10. The van der Waals surface area contributed by atoms with Crippen molar-refractivity contribution in [2.24, 2.45) is 0 Å². The van der Waals surface area contributed by atoms with Crippen LogP contribution in [-0.2, 0) is 42.8 Å². The van der Waals surface area contributed by atoms with Gasteiger partial charge in [-0.1, -0.05) is 231 Å². The minimum atomic E-state index is -3.08. The lowest BCUT2D eigenvalue weighted by Crippen LogP contribution is -2.70. The summed E-state index contributed by atoms with van der Waals surface area (Å²) in [5.41, 5.74) is 0. The van der Waals surface area contributed by atoms with Crippen LogP contribution in [0.1, 0.15) is 278 Å². The van der Waals surface area contributed by atoms with Crippen molar-refractivity contribution < 1.29 is 104 Å². The van der Waals surface area contributed by atoms with E-state index in [4.69, 9.17) is 28.4 Å². The molecule has 0 spiro atoms. The van der Waals surface area contributed by atoms with Crippen LogP contribution < -0.4 is 10.6 Å². The van der Waals surface area contributed by atoms with Gasteiger partial charge >= 0.3 is 5.97 Å². The van der Waals surface area contributed by atoms with Gasteiger partial charge in [0.1, 0.15) is 67.1 Å². The smallest absolute Gasteiger partial charge is 0.364 e. The molecule has 3 heterocycles. The second-order valence-electron chi connectivity index (χ2n) is 26.8. The highest BCUT2D eigenvalue weighted by Gasteiger charge is 2.60. The van der Waals surface area contributed by atoms with Crippen molar-refractivity contribution in [2.45, 2.75) is 387 Å². The van der Waals surface area contributed by atoms with Gasteiger partial charge in [0.2, 0.25) is 11.8 Å². The van der Waals surface area contributed by atoms with Crippen molar-refractivity contribution in [3.05, 3.63) is 12.2 Å². The van der Waals surface area contributed by atoms with E-state index in [1.807, 2.05) is 0 Å². The number of unbranched alkanes of at least 4 members (excludes halogenated alkanes) is 34. The Morgan fingerprint density at radius 3 is 1.45 bits per heavy atom. The zero-order valence-electron chi connectivity index (χ0n) is 57.1. The van der Waals surface area contributed by atoms with Gasteiger partial charge in [-0.15, -0.1) is 0 Å². The molecule has 3 rings (SSSR count). The fourth-order valence-electron chi connectivity index (χ4n) is 12.9. The van der Waals surface area contributed by atoms with E-state index in [1.54, 1.807) is 0 Å². The number of hydrogen-bond acceptors (Lipinski definition) is 20. The summed E-state index contributed by atoms with van der Waals surface area (Å²) in [5, 5.41) is 136. The molecule has 23 nitrogen and oxygen atoms in total. The van der Waals surface area contributed by atoms with Crippen molar-refractivity contribution >= 4 is 17.8 Å². The first kappa shape index (κ1) is 84.7. The molecule has 18 atom stereocenters. The molecule has 18 unspecified atom stereocenters. The maximum absolute atomic E-state index is 13.5. The highest BCUT2D eigenvalue weighted by atomic mass is 16.8. The Kier molecular flexibility index (Phi) is 46.2. The molecule has 0 bridgehead atoms. The Bertz CT molecular complexity index is 1930. The van der Waals surface area contributed by atoms with E-state index in [0.717, 1.165) is 64.7 Å². The van der Waals surface area contributed by atoms with E-state index in [1.165, 1.54) is 167 Å². The van der Waals surface area contributed by atoms with E-state index >= 15 is 0 Å². The van der Waals surface area contributed by atoms with Gasteiger partial charge in [0, 0.05) is 19.8 Å². The van der Waals surface area contributed by atoms with Gasteiger partial charge in [-0.3, -0.25) is 9.59 Å². The van der Waals surface area contributed by atoms with Gasteiger partial charge in [0.05, 0.1) is 50.7 Å². The van der Waals surface area contributed by atoms with E-state index in [0.29, 0.717) is 19.3 Å². The predicted molar refractivity (Wildman–Crippen MR) is 352 cm³/mol. The number of carboxylic acid groups (broad SMARTS) is 1. The summed E-state index contributed by atoms with van der Waals surface area (Å²) in [6.07, 6.45) is 20.7. The van der Waals surface area contributed by atoms with Crippen LogP contribution in [-0.4, -0.2) is 215 Å². The van der Waals surface area contributed by atoms with E-state index in [-0.39, 0.29) is 18.9 Å². The summed E-state index contributed by atoms with van der Waals surface area (Å²) in [4.78, 5) is 38.6. The Morgan fingerprint density at radius 1 is 0.548 bits per heavy atom. The van der Waals surface area contributed by atoms with Crippen LogP contribution in [0.4, 0.5) is 0 Å². The third-order valence-corrected chi connectivity index (χ3v) is 18.7. The normalized spacial score (nSPS) is 28.1. The largest absolute Gasteiger partial charge is 0.477 e. The zero-order chi connectivity index (χ0) is 68.2. The summed E-state index contributed by atoms with van der Waals surface area (Å²) >= 11 is 0. The molecule has 93 heavy (non-hydrogen) atoms. The van der Waals surface area contributed by atoms with E-state index in [9.17, 15) is 75.7 Å². The van der Waals surface area contributed by atoms with Crippen LogP contribution >= 0.6 is 0 Å². The maximum atomic E-state index is 13.5. The quantitative estimate of drug-likeness (QED) is 0.0207. The minimum absolute atomic E-state index is 0.223. The molecule has 0 aromatic carbocycles. The molecule has 0 radical (unpaired) electrons. The molecule has 14 N–H and O–H groups in total. The SMILES string of the molecule is CCCCCCCCCCCCCC/C=C\CCCCCCCCCCCC(=O)NC(COC1OC(CO)C(OC2OC(CO)C(O)C(OC3(C(=O)O)CC(O)C(NC(C)=O)C(C(O)C(O)CO)O3)C2O)C(O)C1O)C(O)CCCCCCCCCCCCCCCC. The van der Waals surface area contributed by atoms with Crippen LogP contribution in [0.2, 0.25) is 0 Å². The molecule has 3 fully saturated rings. The third-order valence-electron chi connectivity index (χ3n) is 18.7. The average molecular weight is 1340 g/mol. The molecule has 546 valence electrons. The first-order valence-electron chi connectivity index (χ1n) is 36.5. The molecule has 0 aromatic heterocycles. The predicted octanol–water partition coefficient (Wildman–Crippen LogP) is 7.46. The second kappa shape index (κ2) is 50.7. The lowest BCUT2D eigenvalue weighted by atomic mass is 9.88. The Morgan fingerprint density at radius 2 is 1.00 bits per heavy atom. The van der Waals surface area contributed by atoms with Crippen molar-refractivity contribution in [3.8, 4) is 0 Å². The summed E-state index contributed by atoms with van der Waals surface area (Å²) < 4.78 is 34.9. The van der Waals surface area contributed by atoms with Crippen LogP contribution in [0, 0.1) is 0 Å². The van der Waals surface area contributed by atoms with Gasteiger partial charge in [0.15, 0.2) is 12.6 Å². The molecule has 23 heteroatoms. The summed E-state index contributed by atoms with van der Waals surface area (Å²) in [6.45, 7) is 2.22. The number of carboxylic acids is 1. The molecular formula is C70H130N2O21. The molecule has 0 saturated carbocycles. The number of carbonyl (C=O) groups is 3. The van der Waals surface area contributed by atoms with Crippen molar-refractivity contribution in [2.75, 3.05) is 26.4 Å². The van der Waals surface area contributed by atoms with Gasteiger partial charge in [-0.05, 0) is 38.5 Å². The van der Waals surface area contributed by atoms with Crippen LogP contribution in [0.5, 0.6) is 0 Å². The van der Waals surface area contributed by atoms with Gasteiger partial charge in [0.25, 0.3) is 5.79 Å². The Labute approximate surface area is 556 Å². The van der Waals surface area contributed by atoms with Crippen molar-refractivity contribution in [1.82, 2.24) is 10.6 Å². The van der Waals surface area contributed by atoms with Crippen LogP contribution in [0.25, 0.3) is 0 Å². The fourth-order valence-corrected chi connectivity index (χ4v) is 12.9.